The van der Waals surface area contributed by atoms with Crippen LogP contribution in [0.25, 0.3) is 0 Å². The molecule has 0 atom stereocenters. The van der Waals surface area contributed by atoms with E-state index < -0.39 is 37.4 Å². The third-order valence-electron chi connectivity index (χ3n) is 4.70. The van der Waals surface area contributed by atoms with Gasteiger partial charge in [0, 0.05) is 0 Å². The van der Waals surface area contributed by atoms with Crippen LogP contribution >= 0.6 is 244 Å². The largest absolute Gasteiger partial charge is 0.226 e. The summed E-state index contributed by atoms with van der Waals surface area (Å²) in [5.74, 6) is 0. The molecule has 0 aromatic heterocycles. The number of benzene rings is 1. The minimum absolute atomic E-state index is 0.0358. The lowest BCUT2D eigenvalue weighted by atomic mass is 9.90. The summed E-state index contributed by atoms with van der Waals surface area (Å²) in [4.78, 5) is 0. The topological polar surface area (TPSA) is 0 Å². The van der Waals surface area contributed by atoms with Crippen LogP contribution in [0, 0.1) is 6.92 Å². The van der Waals surface area contributed by atoms with E-state index >= 15 is 0 Å². The Balaban J connectivity index is 4.35. The van der Waals surface area contributed by atoms with E-state index in [-0.39, 0.29) is 22.3 Å². The molecule has 0 radical (unpaired) electrons. The maximum Gasteiger partial charge on any atom is 0.226 e. The summed E-state index contributed by atoms with van der Waals surface area (Å²) in [6, 6.07) is 2.18. The van der Waals surface area contributed by atoms with Crippen LogP contribution in [-0.4, -0.2) is 24.4 Å². The fourth-order valence-corrected chi connectivity index (χ4v) is 7.23. The summed E-state index contributed by atoms with van der Waals surface area (Å²) in [7, 11) is 0. The van der Waals surface area contributed by atoms with Crippen molar-refractivity contribution in [1.82, 2.24) is 0 Å². The number of hydrogen-bond donors (Lipinski definition) is 0. The number of alkyl halides is 21. The molecule has 0 fully saturated rings. The van der Waals surface area contributed by atoms with E-state index in [1.165, 1.54) is 6.92 Å². The van der Waals surface area contributed by atoms with Crippen molar-refractivity contribution in [3.8, 4) is 0 Å². The molecule has 0 amide bonds. The smallest absolute Gasteiger partial charge is 0.0930 e. The summed E-state index contributed by atoms with van der Waals surface area (Å²) >= 11 is 131. The van der Waals surface area contributed by atoms with Gasteiger partial charge in [-0.2, -0.15) is 0 Å². The standard InChI is InChI=1S/C16H5Cl21/c1-4-6(9(19,20)12(25,26)15(32,33)34)2-5(8(17,18)11(23,24)14(29,30)31)3-7(4)10(21,22)13(27,28)16(35,36)37/h2-3H,1H3. The van der Waals surface area contributed by atoms with E-state index in [1.807, 2.05) is 0 Å². The second-order valence-corrected chi connectivity index (χ2v) is 21.9. The van der Waals surface area contributed by atoms with Gasteiger partial charge in [-0.15, -0.1) is 0 Å². The van der Waals surface area contributed by atoms with Gasteiger partial charge in [-0.05, 0) is 41.3 Å². The molecule has 0 bridgehead atoms. The number of rotatable bonds is 6. The molecule has 216 valence electrons. The molecule has 0 saturated heterocycles. The summed E-state index contributed by atoms with van der Waals surface area (Å²) in [6.45, 7) is 1.35. The van der Waals surface area contributed by atoms with Gasteiger partial charge >= 0.3 is 0 Å². The molecule has 0 spiro atoms. The van der Waals surface area contributed by atoms with Crippen molar-refractivity contribution in [3.05, 3.63) is 34.4 Å². The van der Waals surface area contributed by atoms with Crippen molar-refractivity contribution in [2.75, 3.05) is 0 Å². The van der Waals surface area contributed by atoms with Gasteiger partial charge in [-0.25, -0.2) is 0 Å². The predicted octanol–water partition coefficient (Wildman–Crippen LogP) is 14.5. The Hall–Kier alpha value is 5.31. The lowest BCUT2D eigenvalue weighted by Crippen LogP contribution is -2.48. The van der Waals surface area contributed by atoms with Crippen molar-refractivity contribution >= 4 is 244 Å². The van der Waals surface area contributed by atoms with Gasteiger partial charge < -0.3 is 0 Å². The van der Waals surface area contributed by atoms with Crippen molar-refractivity contribution in [2.45, 2.75) is 44.3 Å². The molecule has 1 rings (SSSR count). The van der Waals surface area contributed by atoms with Gasteiger partial charge in [0.05, 0.1) is 0 Å². The fraction of sp³-hybridized carbons (Fsp3) is 0.625. The van der Waals surface area contributed by atoms with Crippen LogP contribution in [0.15, 0.2) is 12.1 Å². The Kier molecular flexibility index (Phi) is 13.6. The van der Waals surface area contributed by atoms with Crippen molar-refractivity contribution in [3.63, 3.8) is 0 Å². The van der Waals surface area contributed by atoms with Crippen LogP contribution in [0.2, 0.25) is 0 Å². The average molecular weight is 942 g/mol. The molecule has 0 saturated carbocycles. The third-order valence-corrected chi connectivity index (χ3v) is 16.5. The van der Waals surface area contributed by atoms with E-state index in [2.05, 4.69) is 0 Å². The first kappa shape index (κ1) is 40.3. The fourth-order valence-electron chi connectivity index (χ4n) is 2.60. The molecule has 21 heteroatoms. The Bertz CT molecular complexity index is 944. The molecule has 0 aliphatic rings. The molecule has 0 unspecified atom stereocenters. The summed E-state index contributed by atoms with van der Waals surface area (Å²) < 4.78 is -22.9. The molecule has 37 heavy (non-hydrogen) atoms. The zero-order valence-electron chi connectivity index (χ0n) is 16.6. The van der Waals surface area contributed by atoms with Gasteiger partial charge in [0.25, 0.3) is 0 Å². The Morgan fingerprint density at radius 2 is 0.595 bits per heavy atom. The number of halogens is 21. The van der Waals surface area contributed by atoms with Gasteiger partial charge in [-0.1, -0.05) is 244 Å². The quantitative estimate of drug-likeness (QED) is 0.249. The summed E-state index contributed by atoms with van der Waals surface area (Å²) in [6.07, 6.45) is 0. The minimum Gasteiger partial charge on any atom is -0.0930 e. The Morgan fingerprint density at radius 1 is 0.378 bits per heavy atom. The molecule has 0 nitrogen and oxygen atoms in total. The highest BCUT2D eigenvalue weighted by molar-refractivity contribution is 6.80. The van der Waals surface area contributed by atoms with Gasteiger partial charge in [0.1, 0.15) is 0 Å². The summed E-state index contributed by atoms with van der Waals surface area (Å²) in [5, 5.41) is 0. The van der Waals surface area contributed by atoms with Crippen LogP contribution in [0.3, 0.4) is 0 Å². The van der Waals surface area contributed by atoms with Crippen LogP contribution in [0.1, 0.15) is 22.3 Å². The molecule has 0 N–H and O–H groups in total. The molecule has 1 aromatic carbocycles. The Labute approximate surface area is 317 Å². The first-order valence-electron chi connectivity index (χ1n) is 8.37. The van der Waals surface area contributed by atoms with Crippen LogP contribution in [0.4, 0.5) is 0 Å². The van der Waals surface area contributed by atoms with E-state index in [1.54, 1.807) is 0 Å². The van der Waals surface area contributed by atoms with Crippen LogP contribution < -0.4 is 0 Å². The predicted molar refractivity (Wildman–Crippen MR) is 176 cm³/mol. The zero-order valence-corrected chi connectivity index (χ0v) is 32.5. The lowest BCUT2D eigenvalue weighted by molar-refractivity contribution is 0.658. The molecule has 0 heterocycles. The van der Waals surface area contributed by atoms with E-state index in [0.29, 0.717) is 0 Å². The SMILES string of the molecule is Cc1c(C(Cl)(Cl)C(Cl)(Cl)C(Cl)(Cl)Cl)cc(C(Cl)(Cl)C(Cl)(Cl)C(Cl)(Cl)Cl)cc1C(Cl)(Cl)C(Cl)(Cl)C(Cl)(Cl)Cl. The van der Waals surface area contributed by atoms with Gasteiger partial charge in [-0.3, -0.25) is 0 Å². The minimum atomic E-state index is -2.60. The third kappa shape index (κ3) is 7.33. The summed E-state index contributed by atoms with van der Waals surface area (Å²) in [5.41, 5.74) is -0.955. The Morgan fingerprint density at radius 3 is 0.811 bits per heavy atom. The lowest BCUT2D eigenvalue weighted by Gasteiger charge is -2.43. The van der Waals surface area contributed by atoms with E-state index in [4.69, 9.17) is 244 Å². The van der Waals surface area contributed by atoms with E-state index in [9.17, 15) is 0 Å². The van der Waals surface area contributed by atoms with Crippen molar-refractivity contribution < 1.29 is 0 Å². The van der Waals surface area contributed by atoms with Gasteiger partial charge in [0.15, 0.2) is 13.0 Å². The normalized spacial score (nSPS) is 15.8. The molecule has 0 aliphatic heterocycles. The highest BCUT2D eigenvalue weighted by Gasteiger charge is 2.66. The first-order chi connectivity index (χ1) is 15.7. The zero-order chi connectivity index (χ0) is 30.2. The first-order valence-corrected chi connectivity index (χ1v) is 16.3. The molecular formula is C16H5Cl21. The van der Waals surface area contributed by atoms with Crippen LogP contribution in [-0.2, 0) is 13.0 Å². The highest BCUT2D eigenvalue weighted by atomic mass is 35.6. The van der Waals surface area contributed by atoms with E-state index in [0.717, 1.165) is 12.1 Å². The molecular weight excluding hydrogens is 937 g/mol. The maximum atomic E-state index is 6.58. The molecule has 1 aromatic rings. The maximum absolute atomic E-state index is 6.58. The number of hydrogen-bond acceptors (Lipinski definition) is 0. The van der Waals surface area contributed by atoms with Crippen molar-refractivity contribution in [2.24, 2.45) is 0 Å². The van der Waals surface area contributed by atoms with Crippen molar-refractivity contribution in [1.29, 1.82) is 0 Å². The average Bonchev–Trinajstić information content (AvgIpc) is 2.64. The van der Waals surface area contributed by atoms with Gasteiger partial charge in [0.2, 0.25) is 24.4 Å². The van der Waals surface area contributed by atoms with Crippen LogP contribution in [0.5, 0.6) is 0 Å². The molecule has 0 aliphatic carbocycles. The highest BCUT2D eigenvalue weighted by Crippen LogP contribution is 2.66. The second kappa shape index (κ2) is 12.5. The second-order valence-electron chi connectivity index (χ2n) is 7.14. The monoisotopic (exact) mass is 931 g/mol.